The monoisotopic (exact) mass is 268 g/mol. The average Bonchev–Trinajstić information content (AvgIpc) is 3.01. The fraction of sp³-hybridized carbons (Fsp3) is 0.933. The molecule has 0 amide bonds. The summed E-state index contributed by atoms with van der Waals surface area (Å²) in [5.74, 6) is 0.672. The van der Waals surface area contributed by atoms with Gasteiger partial charge in [-0.05, 0) is 45.6 Å². The molecular weight excluding hydrogens is 240 g/mol. The van der Waals surface area contributed by atoms with E-state index in [0.29, 0.717) is 6.04 Å². The lowest BCUT2D eigenvalue weighted by molar-refractivity contribution is -0.148. The second kappa shape index (κ2) is 6.23. The van der Waals surface area contributed by atoms with Gasteiger partial charge >= 0.3 is 5.97 Å². The molecule has 0 heterocycles. The molecule has 1 unspecified atom stereocenters. The van der Waals surface area contributed by atoms with Crippen molar-refractivity contribution in [3.05, 3.63) is 0 Å². The van der Waals surface area contributed by atoms with Gasteiger partial charge in [-0.3, -0.25) is 10.1 Å². The summed E-state index contributed by atoms with van der Waals surface area (Å²) in [6.45, 7) is 3.80. The first-order chi connectivity index (χ1) is 9.03. The Balaban J connectivity index is 1.88. The predicted octanol–water partition coefficient (Wildman–Crippen LogP) is 1.79. The molecule has 0 spiro atoms. The summed E-state index contributed by atoms with van der Waals surface area (Å²) in [4.78, 5) is 14.4. The van der Waals surface area contributed by atoms with Crippen molar-refractivity contribution in [1.82, 2.24) is 10.2 Å². The SMILES string of the molecule is COC(=O)C(C)(CN(C)CC1CCCC1)NC1CC1. The van der Waals surface area contributed by atoms with Gasteiger partial charge in [0.15, 0.2) is 0 Å². The van der Waals surface area contributed by atoms with Gasteiger partial charge in [0.2, 0.25) is 0 Å². The lowest BCUT2D eigenvalue weighted by atomic mass is 10.0. The largest absolute Gasteiger partial charge is 0.468 e. The number of hydrogen-bond acceptors (Lipinski definition) is 4. The van der Waals surface area contributed by atoms with Crippen molar-refractivity contribution >= 4 is 5.97 Å². The van der Waals surface area contributed by atoms with E-state index in [-0.39, 0.29) is 5.97 Å². The Labute approximate surface area is 116 Å². The number of methoxy groups -OCH3 is 1. The highest BCUT2D eigenvalue weighted by Crippen LogP contribution is 2.27. The van der Waals surface area contributed by atoms with Crippen LogP contribution in [0.5, 0.6) is 0 Å². The van der Waals surface area contributed by atoms with E-state index in [1.807, 2.05) is 6.92 Å². The zero-order chi connectivity index (χ0) is 13.9. The molecule has 110 valence electrons. The number of nitrogens with one attached hydrogen (secondary N) is 1. The molecule has 0 saturated heterocycles. The smallest absolute Gasteiger partial charge is 0.327 e. The highest BCUT2D eigenvalue weighted by atomic mass is 16.5. The van der Waals surface area contributed by atoms with Crippen molar-refractivity contribution in [2.24, 2.45) is 5.92 Å². The first kappa shape index (κ1) is 14.8. The molecule has 0 aromatic rings. The highest BCUT2D eigenvalue weighted by molar-refractivity contribution is 5.80. The van der Waals surface area contributed by atoms with E-state index >= 15 is 0 Å². The Kier molecular flexibility index (Phi) is 4.85. The van der Waals surface area contributed by atoms with Crippen molar-refractivity contribution in [1.29, 1.82) is 0 Å². The van der Waals surface area contributed by atoms with Crippen LogP contribution in [0, 0.1) is 5.92 Å². The van der Waals surface area contributed by atoms with Gasteiger partial charge in [0, 0.05) is 19.1 Å². The summed E-state index contributed by atoms with van der Waals surface area (Å²) in [5.41, 5.74) is -0.566. The molecule has 2 saturated carbocycles. The molecule has 0 aromatic heterocycles. The normalized spacial score (nSPS) is 23.6. The minimum atomic E-state index is -0.566. The van der Waals surface area contributed by atoms with Crippen molar-refractivity contribution in [2.75, 3.05) is 27.2 Å². The van der Waals surface area contributed by atoms with Crippen LogP contribution < -0.4 is 5.32 Å². The molecule has 0 aliphatic heterocycles. The molecule has 4 nitrogen and oxygen atoms in total. The summed E-state index contributed by atoms with van der Waals surface area (Å²) in [5, 5.41) is 3.46. The topological polar surface area (TPSA) is 41.6 Å². The van der Waals surface area contributed by atoms with E-state index in [4.69, 9.17) is 4.74 Å². The van der Waals surface area contributed by atoms with E-state index < -0.39 is 5.54 Å². The number of rotatable bonds is 7. The van der Waals surface area contributed by atoms with Gasteiger partial charge in [0.25, 0.3) is 0 Å². The average molecular weight is 268 g/mol. The van der Waals surface area contributed by atoms with E-state index in [2.05, 4.69) is 17.3 Å². The van der Waals surface area contributed by atoms with Gasteiger partial charge in [-0.1, -0.05) is 12.8 Å². The third kappa shape index (κ3) is 4.18. The van der Waals surface area contributed by atoms with Gasteiger partial charge in [-0.25, -0.2) is 0 Å². The van der Waals surface area contributed by atoms with Crippen molar-refractivity contribution in [3.63, 3.8) is 0 Å². The molecule has 2 aliphatic carbocycles. The third-order valence-corrected chi connectivity index (χ3v) is 4.37. The predicted molar refractivity (Wildman–Crippen MR) is 76.0 cm³/mol. The van der Waals surface area contributed by atoms with Gasteiger partial charge in [0.1, 0.15) is 5.54 Å². The van der Waals surface area contributed by atoms with Crippen LogP contribution in [0.4, 0.5) is 0 Å². The number of carbonyl (C=O) groups excluding carboxylic acids is 1. The Morgan fingerprint density at radius 3 is 2.47 bits per heavy atom. The fourth-order valence-electron chi connectivity index (χ4n) is 3.31. The fourth-order valence-corrected chi connectivity index (χ4v) is 3.31. The molecule has 0 bridgehead atoms. The van der Waals surface area contributed by atoms with Crippen molar-refractivity contribution < 1.29 is 9.53 Å². The van der Waals surface area contributed by atoms with Crippen LogP contribution in [0.25, 0.3) is 0 Å². The maximum absolute atomic E-state index is 12.1. The zero-order valence-corrected chi connectivity index (χ0v) is 12.6. The summed E-state index contributed by atoms with van der Waals surface area (Å²) < 4.78 is 4.99. The number of hydrogen-bond donors (Lipinski definition) is 1. The standard InChI is InChI=1S/C15H28N2O2/c1-15(14(18)19-3,16-13-8-9-13)11-17(2)10-12-6-4-5-7-12/h12-13,16H,4-11H2,1-3H3. The summed E-state index contributed by atoms with van der Waals surface area (Å²) in [7, 11) is 3.60. The molecule has 19 heavy (non-hydrogen) atoms. The number of esters is 1. The van der Waals surface area contributed by atoms with E-state index in [1.54, 1.807) is 0 Å². The lowest BCUT2D eigenvalue weighted by Gasteiger charge is -2.33. The Bertz CT molecular complexity index is 311. The van der Waals surface area contributed by atoms with Crippen LogP contribution in [0.15, 0.2) is 0 Å². The van der Waals surface area contributed by atoms with Crippen LogP contribution in [0.3, 0.4) is 0 Å². The van der Waals surface area contributed by atoms with Crippen LogP contribution in [0.1, 0.15) is 45.4 Å². The number of ether oxygens (including phenoxy) is 1. The lowest BCUT2D eigenvalue weighted by Crippen LogP contribution is -2.58. The summed E-state index contributed by atoms with van der Waals surface area (Å²) in [6, 6.07) is 0.504. The third-order valence-electron chi connectivity index (χ3n) is 4.37. The molecule has 0 aromatic carbocycles. The minimum absolute atomic E-state index is 0.141. The second-order valence-corrected chi connectivity index (χ2v) is 6.59. The van der Waals surface area contributed by atoms with Gasteiger partial charge in [-0.2, -0.15) is 0 Å². The van der Waals surface area contributed by atoms with Crippen molar-refractivity contribution in [3.8, 4) is 0 Å². The van der Waals surface area contributed by atoms with Crippen LogP contribution >= 0.6 is 0 Å². The van der Waals surface area contributed by atoms with Crippen molar-refractivity contribution in [2.45, 2.75) is 57.0 Å². The summed E-state index contributed by atoms with van der Waals surface area (Å²) in [6.07, 6.45) is 7.78. The van der Waals surface area contributed by atoms with Gasteiger partial charge < -0.3 is 9.64 Å². The molecule has 1 N–H and O–H groups in total. The quantitative estimate of drug-likeness (QED) is 0.715. The van der Waals surface area contributed by atoms with E-state index in [1.165, 1.54) is 45.6 Å². The zero-order valence-electron chi connectivity index (χ0n) is 12.6. The molecule has 1 atom stereocenters. The minimum Gasteiger partial charge on any atom is -0.468 e. The Morgan fingerprint density at radius 1 is 1.32 bits per heavy atom. The molecule has 4 heteroatoms. The highest BCUT2D eigenvalue weighted by Gasteiger charge is 2.40. The maximum Gasteiger partial charge on any atom is 0.327 e. The van der Waals surface area contributed by atoms with Gasteiger partial charge in [-0.15, -0.1) is 0 Å². The van der Waals surface area contributed by atoms with Crippen LogP contribution in [0.2, 0.25) is 0 Å². The first-order valence-electron chi connectivity index (χ1n) is 7.58. The summed E-state index contributed by atoms with van der Waals surface area (Å²) >= 11 is 0. The Morgan fingerprint density at radius 2 is 1.95 bits per heavy atom. The number of nitrogens with zero attached hydrogens (tertiary/aromatic N) is 1. The van der Waals surface area contributed by atoms with Crippen LogP contribution in [-0.2, 0) is 9.53 Å². The van der Waals surface area contributed by atoms with Gasteiger partial charge in [0.05, 0.1) is 7.11 Å². The molecule has 0 radical (unpaired) electrons. The number of carbonyl (C=O) groups is 1. The maximum atomic E-state index is 12.1. The Hall–Kier alpha value is -0.610. The molecular formula is C15H28N2O2. The van der Waals surface area contributed by atoms with Crippen LogP contribution in [-0.4, -0.2) is 49.7 Å². The molecule has 2 fully saturated rings. The van der Waals surface area contributed by atoms with E-state index in [9.17, 15) is 4.79 Å². The number of likely N-dealkylation sites (N-methyl/N-ethyl adjacent to an activating group) is 1. The molecule has 2 rings (SSSR count). The second-order valence-electron chi connectivity index (χ2n) is 6.59. The first-order valence-corrected chi connectivity index (χ1v) is 7.58. The molecule has 2 aliphatic rings. The van der Waals surface area contributed by atoms with E-state index in [0.717, 1.165) is 19.0 Å².